The van der Waals surface area contributed by atoms with Gasteiger partial charge in [-0.15, -0.1) is 0 Å². The highest BCUT2D eigenvalue weighted by atomic mass is 79.9. The van der Waals surface area contributed by atoms with Gasteiger partial charge in [0.2, 0.25) is 0 Å². The average Bonchev–Trinajstić information content (AvgIpc) is 3.34. The number of nitrogens with zero attached hydrogens (tertiary/aromatic N) is 5. The molecule has 0 unspecified atom stereocenters. The Labute approximate surface area is 328 Å². The molecule has 2 aromatic carbocycles. The number of halogens is 2. The number of piperazine rings is 1. The number of hydrogen-bond donors (Lipinski definition) is 2. The van der Waals surface area contributed by atoms with Crippen LogP contribution in [0.1, 0.15) is 50.2 Å². The van der Waals surface area contributed by atoms with E-state index in [-0.39, 0.29) is 36.1 Å². The fraction of sp³-hybridized carbons (Fsp3) is 0.579. The lowest BCUT2D eigenvalue weighted by atomic mass is 10.0. The lowest BCUT2D eigenvalue weighted by Crippen LogP contribution is -2.56. The van der Waals surface area contributed by atoms with Crippen molar-refractivity contribution in [3.63, 3.8) is 0 Å². The number of carbonyl (C=O) groups excluding carboxylic acids is 4. The molecule has 1 atom stereocenters. The second kappa shape index (κ2) is 18.3. The number of anilines is 1. The number of phenols is 1. The Morgan fingerprint density at radius 3 is 2.23 bits per heavy atom. The number of phenolic OH excluding ortho intramolecular Hbond substituents is 1. The molecule has 0 spiro atoms. The van der Waals surface area contributed by atoms with Gasteiger partial charge in [0.1, 0.15) is 5.75 Å². The minimum atomic E-state index is -1.05. The Kier molecular flexibility index (Phi) is 13.6. The quantitative estimate of drug-likeness (QED) is 0.314. The Hall–Kier alpha value is -3.40. The first kappa shape index (κ1) is 39.3. The topological polar surface area (TPSA) is 135 Å². The number of esters is 1. The Balaban J connectivity index is 1.03. The zero-order valence-corrected chi connectivity index (χ0v) is 33.5. The van der Waals surface area contributed by atoms with Crippen LogP contribution in [0, 0.1) is 0 Å². The van der Waals surface area contributed by atoms with E-state index in [4.69, 9.17) is 9.47 Å². The van der Waals surface area contributed by atoms with Crippen LogP contribution >= 0.6 is 31.9 Å². The molecular weight excluding hydrogens is 812 g/mol. The fourth-order valence-corrected chi connectivity index (χ4v) is 9.21. The molecule has 6 rings (SSSR count). The molecule has 0 radical (unpaired) electrons. The molecule has 0 aromatic heterocycles. The van der Waals surface area contributed by atoms with Crippen molar-refractivity contribution in [2.45, 2.75) is 70.1 Å². The summed E-state index contributed by atoms with van der Waals surface area (Å²) in [5.41, 5.74) is 2.68. The summed E-state index contributed by atoms with van der Waals surface area (Å²) in [6.07, 6.45) is 2.97. The van der Waals surface area contributed by atoms with E-state index in [0.29, 0.717) is 80.1 Å². The maximum absolute atomic E-state index is 14.1. The number of rotatable bonds is 10. The third-order valence-electron chi connectivity index (χ3n) is 11.0. The smallest absolute Gasteiger partial charge is 0.410 e. The summed E-state index contributed by atoms with van der Waals surface area (Å²) in [4.78, 5) is 62.8. The summed E-state index contributed by atoms with van der Waals surface area (Å²) in [5.74, 6) is -0.331. The molecule has 0 aliphatic carbocycles. The minimum absolute atomic E-state index is 0.00869. The lowest BCUT2D eigenvalue weighted by molar-refractivity contribution is -0.144. The number of fused-ring (bicyclic) bond motifs is 1. The molecule has 4 aliphatic heterocycles. The summed E-state index contributed by atoms with van der Waals surface area (Å²) in [6.45, 7) is 8.76. The molecule has 53 heavy (non-hydrogen) atoms. The van der Waals surface area contributed by atoms with E-state index in [1.54, 1.807) is 21.9 Å². The standard InChI is InChI=1S/C38H50Br2N6O7/c1-2-52-34(47)12-15-42-13-8-28(9-14-42)43-19-21-44(22-20-43)36(49)33(25-26-23-30(39)35(48)31(40)24-26)53-38(51)45-16-10-29(11-17-45)46-18-7-27-5-3-4-6-32(27)41-37(46)50/h3-6,23-24,28-29,33,48H,2,7-22,25H2,1H3,(H,41,50)/t33-/m1/s1. The maximum Gasteiger partial charge on any atom is 0.410 e. The number of nitrogens with one attached hydrogen (secondary N) is 1. The first-order valence-electron chi connectivity index (χ1n) is 18.8. The van der Waals surface area contributed by atoms with Gasteiger partial charge in [0.15, 0.2) is 6.10 Å². The van der Waals surface area contributed by atoms with Gasteiger partial charge >= 0.3 is 18.1 Å². The van der Waals surface area contributed by atoms with E-state index < -0.39 is 12.2 Å². The Morgan fingerprint density at radius 2 is 1.55 bits per heavy atom. The highest BCUT2D eigenvalue weighted by Crippen LogP contribution is 2.34. The van der Waals surface area contributed by atoms with Gasteiger partial charge in [0.05, 0.1) is 22.0 Å². The first-order chi connectivity index (χ1) is 25.6. The molecule has 288 valence electrons. The van der Waals surface area contributed by atoms with Crippen molar-refractivity contribution in [2.75, 3.05) is 77.4 Å². The van der Waals surface area contributed by atoms with Crippen LogP contribution in [-0.4, -0.2) is 144 Å². The number of likely N-dealkylation sites (tertiary alicyclic amines) is 2. The number of hydrogen-bond acceptors (Lipinski definition) is 9. The molecule has 4 heterocycles. The van der Waals surface area contributed by atoms with E-state index >= 15 is 0 Å². The molecule has 4 amide bonds. The number of urea groups is 1. The maximum atomic E-state index is 14.1. The Bertz CT molecular complexity index is 1600. The highest BCUT2D eigenvalue weighted by molar-refractivity contribution is 9.11. The van der Waals surface area contributed by atoms with Crippen molar-refractivity contribution in [1.29, 1.82) is 0 Å². The van der Waals surface area contributed by atoms with Crippen molar-refractivity contribution in [2.24, 2.45) is 0 Å². The normalized spacial score (nSPS) is 20.0. The molecule has 4 aliphatic rings. The van der Waals surface area contributed by atoms with Crippen LogP contribution in [0.2, 0.25) is 0 Å². The van der Waals surface area contributed by atoms with Crippen LogP contribution in [0.15, 0.2) is 45.3 Å². The lowest BCUT2D eigenvalue weighted by Gasteiger charge is -2.43. The number of ether oxygens (including phenoxy) is 2. The van der Waals surface area contributed by atoms with Crippen LogP contribution in [0.4, 0.5) is 15.3 Å². The number of carbonyl (C=O) groups is 4. The summed E-state index contributed by atoms with van der Waals surface area (Å²) in [6, 6.07) is 11.6. The van der Waals surface area contributed by atoms with Gasteiger partial charge in [0, 0.05) is 76.5 Å². The van der Waals surface area contributed by atoms with Crippen LogP contribution in [0.25, 0.3) is 0 Å². The summed E-state index contributed by atoms with van der Waals surface area (Å²) in [7, 11) is 0. The second-order valence-electron chi connectivity index (χ2n) is 14.2. The molecule has 2 aromatic rings. The fourth-order valence-electron chi connectivity index (χ4n) is 7.93. The van der Waals surface area contributed by atoms with Crippen LogP contribution in [0.3, 0.4) is 0 Å². The third kappa shape index (κ3) is 10.0. The molecule has 13 nitrogen and oxygen atoms in total. The second-order valence-corrected chi connectivity index (χ2v) is 15.9. The van der Waals surface area contributed by atoms with Crippen LogP contribution in [0.5, 0.6) is 5.75 Å². The number of amides is 4. The van der Waals surface area contributed by atoms with Gasteiger partial charge in [-0.05, 0) is 113 Å². The highest BCUT2D eigenvalue weighted by Gasteiger charge is 2.36. The van der Waals surface area contributed by atoms with Crippen molar-refractivity contribution >= 4 is 61.5 Å². The largest absolute Gasteiger partial charge is 0.506 e. The zero-order chi connectivity index (χ0) is 37.5. The third-order valence-corrected chi connectivity index (χ3v) is 12.2. The van der Waals surface area contributed by atoms with Crippen LogP contribution < -0.4 is 5.32 Å². The van der Waals surface area contributed by atoms with Gasteiger partial charge in [0.25, 0.3) is 5.91 Å². The molecule has 3 fully saturated rings. The van der Waals surface area contributed by atoms with Gasteiger partial charge in [-0.3, -0.25) is 14.5 Å². The summed E-state index contributed by atoms with van der Waals surface area (Å²) in [5, 5.41) is 13.3. The average molecular weight is 863 g/mol. The van der Waals surface area contributed by atoms with Crippen molar-refractivity contribution in [3.8, 4) is 5.75 Å². The molecule has 3 saturated heterocycles. The van der Waals surface area contributed by atoms with E-state index in [1.165, 1.54) is 0 Å². The molecule has 15 heteroatoms. The number of para-hydroxylation sites is 1. The monoisotopic (exact) mass is 860 g/mol. The van der Waals surface area contributed by atoms with Crippen molar-refractivity contribution in [3.05, 3.63) is 56.5 Å². The van der Waals surface area contributed by atoms with Crippen molar-refractivity contribution < 1.29 is 33.8 Å². The SMILES string of the molecule is CCOC(=O)CCN1CCC(N2CCN(C(=O)[C@@H](Cc3cc(Br)c(O)c(Br)c3)OC(=O)N3CCC(N4CCc5ccccc5NC4=O)CC3)CC2)CC1. The van der Waals surface area contributed by atoms with Gasteiger partial charge in [-0.25, -0.2) is 9.59 Å². The van der Waals surface area contributed by atoms with Gasteiger partial charge in [-0.1, -0.05) is 18.2 Å². The van der Waals surface area contributed by atoms with E-state index in [9.17, 15) is 24.3 Å². The first-order valence-corrected chi connectivity index (χ1v) is 20.4. The van der Waals surface area contributed by atoms with Gasteiger partial charge < -0.3 is 39.5 Å². The molecular formula is C38H50Br2N6O7. The number of piperidine rings is 2. The number of aromatic hydroxyl groups is 1. The minimum Gasteiger partial charge on any atom is -0.506 e. The predicted octanol–water partition coefficient (Wildman–Crippen LogP) is 5.08. The zero-order valence-electron chi connectivity index (χ0n) is 30.3. The van der Waals surface area contributed by atoms with E-state index in [2.05, 4.69) is 47.0 Å². The van der Waals surface area contributed by atoms with E-state index in [1.807, 2.05) is 36.1 Å². The summed E-state index contributed by atoms with van der Waals surface area (Å²) < 4.78 is 12.1. The number of benzene rings is 2. The molecule has 0 bridgehead atoms. The molecule has 2 N–H and O–H groups in total. The Morgan fingerprint density at radius 1 is 0.887 bits per heavy atom. The molecule has 0 saturated carbocycles. The summed E-state index contributed by atoms with van der Waals surface area (Å²) >= 11 is 6.77. The van der Waals surface area contributed by atoms with E-state index in [0.717, 1.165) is 62.3 Å². The van der Waals surface area contributed by atoms with Gasteiger partial charge in [-0.2, -0.15) is 0 Å². The predicted molar refractivity (Wildman–Crippen MR) is 207 cm³/mol. The van der Waals surface area contributed by atoms with Crippen LogP contribution in [-0.2, 0) is 31.9 Å². The van der Waals surface area contributed by atoms with Crippen molar-refractivity contribution in [1.82, 2.24) is 24.5 Å².